The van der Waals surface area contributed by atoms with Gasteiger partial charge >= 0.3 is 0 Å². The third-order valence-electron chi connectivity index (χ3n) is 3.00. The summed E-state index contributed by atoms with van der Waals surface area (Å²) in [6.45, 7) is 0. The van der Waals surface area contributed by atoms with Gasteiger partial charge in [0.05, 0.1) is 17.8 Å². The first kappa shape index (κ1) is 15.0. The van der Waals surface area contributed by atoms with E-state index in [0.29, 0.717) is 17.0 Å². The fourth-order valence-corrected chi connectivity index (χ4v) is 2.13. The van der Waals surface area contributed by atoms with E-state index in [2.05, 4.69) is 5.32 Å². The van der Waals surface area contributed by atoms with Crippen LogP contribution < -0.4 is 15.8 Å². The summed E-state index contributed by atoms with van der Waals surface area (Å²) in [6, 6.07) is 10.9. The Labute approximate surface area is 127 Å². The zero-order valence-electron chi connectivity index (χ0n) is 11.3. The lowest BCUT2D eigenvalue weighted by Gasteiger charge is -2.19. The molecule has 1 unspecified atom stereocenters. The molecule has 0 radical (unpaired) electrons. The van der Waals surface area contributed by atoms with Gasteiger partial charge < -0.3 is 20.9 Å². The summed E-state index contributed by atoms with van der Waals surface area (Å²) in [7, 11) is 1.54. The van der Waals surface area contributed by atoms with Crippen molar-refractivity contribution in [3.63, 3.8) is 0 Å². The highest BCUT2D eigenvalue weighted by Gasteiger charge is 2.20. The van der Waals surface area contributed by atoms with E-state index in [1.54, 1.807) is 18.2 Å². The molecule has 21 heavy (non-hydrogen) atoms. The zero-order valence-corrected chi connectivity index (χ0v) is 12.1. The van der Waals surface area contributed by atoms with E-state index in [0.717, 1.165) is 0 Å². The van der Waals surface area contributed by atoms with Crippen LogP contribution in [0.15, 0.2) is 42.5 Å². The molecular formula is C15H15ClN2O3. The zero-order chi connectivity index (χ0) is 15.4. The van der Waals surface area contributed by atoms with Gasteiger partial charge in [0, 0.05) is 0 Å². The Morgan fingerprint density at radius 3 is 2.67 bits per heavy atom. The molecule has 4 N–H and O–H groups in total. The molecule has 6 heteroatoms. The predicted molar refractivity (Wildman–Crippen MR) is 81.7 cm³/mol. The van der Waals surface area contributed by atoms with Crippen molar-refractivity contribution >= 4 is 23.2 Å². The monoisotopic (exact) mass is 306 g/mol. The van der Waals surface area contributed by atoms with E-state index in [1.165, 1.54) is 19.2 Å². The molecule has 0 bridgehead atoms. The summed E-state index contributed by atoms with van der Waals surface area (Å²) in [5, 5.41) is 12.6. The number of benzene rings is 2. The molecule has 0 heterocycles. The summed E-state index contributed by atoms with van der Waals surface area (Å²) in [4.78, 5) is 11.7. The van der Waals surface area contributed by atoms with Crippen LogP contribution in [0.4, 0.5) is 5.69 Å². The number of phenolic OH excluding ortho intramolecular Hbond substituents is 1. The van der Waals surface area contributed by atoms with E-state index < -0.39 is 11.9 Å². The van der Waals surface area contributed by atoms with Gasteiger partial charge in [-0.15, -0.1) is 0 Å². The number of nitrogens with one attached hydrogen (secondary N) is 1. The van der Waals surface area contributed by atoms with Crippen molar-refractivity contribution in [2.24, 2.45) is 5.73 Å². The van der Waals surface area contributed by atoms with Crippen LogP contribution in [0.25, 0.3) is 0 Å². The molecule has 1 amide bonds. The SMILES string of the molecule is COc1ccccc1NC(C(N)=O)c1ccc(O)c(Cl)c1. The maximum atomic E-state index is 11.7. The van der Waals surface area contributed by atoms with Crippen LogP contribution in [0.1, 0.15) is 11.6 Å². The van der Waals surface area contributed by atoms with E-state index in [9.17, 15) is 9.90 Å². The number of ether oxygens (including phenoxy) is 1. The standard InChI is InChI=1S/C15H15ClN2O3/c1-21-13-5-3-2-4-11(13)18-14(15(17)20)9-6-7-12(19)10(16)8-9/h2-8,14,18-19H,1H3,(H2,17,20). The van der Waals surface area contributed by atoms with Crippen LogP contribution >= 0.6 is 11.6 Å². The lowest BCUT2D eigenvalue weighted by Crippen LogP contribution is -2.27. The number of hydrogen-bond donors (Lipinski definition) is 3. The third-order valence-corrected chi connectivity index (χ3v) is 3.30. The Morgan fingerprint density at radius 2 is 2.05 bits per heavy atom. The first-order chi connectivity index (χ1) is 10.0. The van der Waals surface area contributed by atoms with Crippen molar-refractivity contribution in [2.75, 3.05) is 12.4 Å². The molecule has 0 aromatic heterocycles. The average Bonchev–Trinajstić information content (AvgIpc) is 2.48. The predicted octanol–water partition coefficient (Wildman–Crippen LogP) is 2.69. The van der Waals surface area contributed by atoms with Crippen LogP contribution in [-0.4, -0.2) is 18.1 Å². The van der Waals surface area contributed by atoms with Gasteiger partial charge in [-0.25, -0.2) is 0 Å². The summed E-state index contributed by atoms with van der Waals surface area (Å²) < 4.78 is 5.22. The van der Waals surface area contributed by atoms with E-state index in [1.807, 2.05) is 12.1 Å². The molecular weight excluding hydrogens is 292 g/mol. The van der Waals surface area contributed by atoms with E-state index >= 15 is 0 Å². The highest BCUT2D eigenvalue weighted by Crippen LogP contribution is 2.31. The minimum atomic E-state index is -0.792. The van der Waals surface area contributed by atoms with Gasteiger partial charge in [-0.1, -0.05) is 29.8 Å². The number of primary amides is 1. The van der Waals surface area contributed by atoms with Gasteiger partial charge in [0.15, 0.2) is 0 Å². The molecule has 1 atom stereocenters. The molecule has 2 rings (SSSR count). The summed E-state index contributed by atoms with van der Waals surface area (Å²) in [5.74, 6) is -0.0304. The summed E-state index contributed by atoms with van der Waals surface area (Å²) in [5.41, 5.74) is 6.63. The minimum Gasteiger partial charge on any atom is -0.506 e. The molecule has 0 saturated heterocycles. The van der Waals surface area contributed by atoms with Crippen molar-refractivity contribution in [2.45, 2.75) is 6.04 Å². The summed E-state index contributed by atoms with van der Waals surface area (Å²) in [6.07, 6.45) is 0. The maximum Gasteiger partial charge on any atom is 0.244 e. The molecule has 0 saturated carbocycles. The Hall–Kier alpha value is -2.40. The first-order valence-corrected chi connectivity index (χ1v) is 6.58. The number of methoxy groups -OCH3 is 1. The summed E-state index contributed by atoms with van der Waals surface area (Å²) >= 11 is 5.87. The second-order valence-corrected chi connectivity index (χ2v) is 4.80. The third kappa shape index (κ3) is 3.38. The topological polar surface area (TPSA) is 84.6 Å². The molecule has 2 aromatic rings. The second kappa shape index (κ2) is 6.37. The second-order valence-electron chi connectivity index (χ2n) is 4.39. The van der Waals surface area contributed by atoms with Gasteiger partial charge in [-0.05, 0) is 29.8 Å². The minimum absolute atomic E-state index is 0.0547. The molecule has 5 nitrogen and oxygen atoms in total. The van der Waals surface area contributed by atoms with Gasteiger partial charge in [-0.2, -0.15) is 0 Å². The van der Waals surface area contributed by atoms with Crippen molar-refractivity contribution in [1.82, 2.24) is 0 Å². The number of anilines is 1. The first-order valence-electron chi connectivity index (χ1n) is 6.20. The molecule has 0 aliphatic heterocycles. The van der Waals surface area contributed by atoms with Crippen molar-refractivity contribution in [3.05, 3.63) is 53.1 Å². The van der Waals surface area contributed by atoms with Gasteiger partial charge in [0.1, 0.15) is 17.5 Å². The Kier molecular flexibility index (Phi) is 4.55. The number of phenols is 1. The van der Waals surface area contributed by atoms with Crippen LogP contribution in [0.3, 0.4) is 0 Å². The fraction of sp³-hybridized carbons (Fsp3) is 0.133. The highest BCUT2D eigenvalue weighted by atomic mass is 35.5. The lowest BCUT2D eigenvalue weighted by molar-refractivity contribution is -0.118. The molecule has 0 fully saturated rings. The molecule has 110 valence electrons. The van der Waals surface area contributed by atoms with Crippen LogP contribution in [0.5, 0.6) is 11.5 Å². The van der Waals surface area contributed by atoms with Gasteiger partial charge in [-0.3, -0.25) is 4.79 Å². The number of halogens is 1. The largest absolute Gasteiger partial charge is 0.506 e. The Balaban J connectivity index is 2.35. The number of carbonyl (C=O) groups excluding carboxylic acids is 1. The number of nitrogens with two attached hydrogens (primary N) is 1. The van der Waals surface area contributed by atoms with Crippen LogP contribution in [0, 0.1) is 0 Å². The fourth-order valence-electron chi connectivity index (χ4n) is 1.94. The number of aromatic hydroxyl groups is 1. The number of amides is 1. The Bertz CT molecular complexity index is 661. The van der Waals surface area contributed by atoms with Gasteiger partial charge in [0.25, 0.3) is 0 Å². The molecule has 2 aromatic carbocycles. The number of hydrogen-bond acceptors (Lipinski definition) is 4. The van der Waals surface area contributed by atoms with Crippen molar-refractivity contribution in [3.8, 4) is 11.5 Å². The van der Waals surface area contributed by atoms with Crippen molar-refractivity contribution in [1.29, 1.82) is 0 Å². The van der Waals surface area contributed by atoms with E-state index in [-0.39, 0.29) is 10.8 Å². The van der Waals surface area contributed by atoms with Crippen molar-refractivity contribution < 1.29 is 14.6 Å². The van der Waals surface area contributed by atoms with E-state index in [4.69, 9.17) is 22.1 Å². The lowest BCUT2D eigenvalue weighted by atomic mass is 10.1. The van der Waals surface area contributed by atoms with Gasteiger partial charge in [0.2, 0.25) is 5.91 Å². The normalized spacial score (nSPS) is 11.7. The molecule has 0 aliphatic rings. The molecule has 0 aliphatic carbocycles. The maximum absolute atomic E-state index is 11.7. The molecule has 0 spiro atoms. The Morgan fingerprint density at radius 1 is 1.33 bits per heavy atom. The van der Waals surface area contributed by atoms with Crippen LogP contribution in [0.2, 0.25) is 5.02 Å². The smallest absolute Gasteiger partial charge is 0.244 e. The number of carbonyl (C=O) groups is 1. The average molecular weight is 307 g/mol. The number of rotatable bonds is 5. The highest BCUT2D eigenvalue weighted by molar-refractivity contribution is 6.32. The quantitative estimate of drug-likeness (QED) is 0.793. The van der Waals surface area contributed by atoms with Crippen LogP contribution in [-0.2, 0) is 4.79 Å². The number of para-hydroxylation sites is 2.